The van der Waals surface area contributed by atoms with Crippen LogP contribution in [0.15, 0.2) is 0 Å². The van der Waals surface area contributed by atoms with E-state index < -0.39 is 0 Å². The third kappa shape index (κ3) is 4.75. The van der Waals surface area contributed by atoms with Gasteiger partial charge < -0.3 is 5.11 Å². The number of hydrogen-bond acceptors (Lipinski definition) is 3. The van der Waals surface area contributed by atoms with Gasteiger partial charge in [-0.3, -0.25) is 5.32 Å². The highest BCUT2D eigenvalue weighted by Crippen LogP contribution is 2.06. The first-order valence-electron chi connectivity index (χ1n) is 3.17. The summed E-state index contributed by atoms with van der Waals surface area (Å²) in [5.41, 5.74) is 0. The predicted octanol–water partition coefficient (Wildman–Crippen LogP) is 1.01. The molecule has 0 saturated heterocycles. The van der Waals surface area contributed by atoms with Crippen LogP contribution in [0.2, 0.25) is 0 Å². The van der Waals surface area contributed by atoms with Crippen LogP contribution < -0.4 is 5.32 Å². The maximum atomic E-state index is 8.86. The van der Waals surface area contributed by atoms with Crippen LogP contribution in [0.25, 0.3) is 0 Å². The molecule has 56 valence electrons. The second kappa shape index (κ2) is 5.09. The van der Waals surface area contributed by atoms with Crippen LogP contribution in [0.4, 0.5) is 0 Å². The Morgan fingerprint density at radius 3 is 2.33 bits per heavy atom. The fraction of sp³-hybridized carbons (Fsp3) is 1.00. The molecule has 0 aliphatic heterocycles. The van der Waals surface area contributed by atoms with Gasteiger partial charge in [-0.1, -0.05) is 6.92 Å². The quantitative estimate of drug-likeness (QED) is 0.585. The van der Waals surface area contributed by atoms with Crippen molar-refractivity contribution in [3.8, 4) is 0 Å². The van der Waals surface area contributed by atoms with Crippen molar-refractivity contribution in [3.05, 3.63) is 0 Å². The van der Waals surface area contributed by atoms with Crippen molar-refractivity contribution in [2.75, 3.05) is 6.26 Å². The molecule has 2 atom stereocenters. The number of rotatable bonds is 4. The highest BCUT2D eigenvalue weighted by molar-refractivity contribution is 7.99. The summed E-state index contributed by atoms with van der Waals surface area (Å²) >= 11 is 1.73. The van der Waals surface area contributed by atoms with Crippen molar-refractivity contribution in [2.45, 2.75) is 31.9 Å². The second-order valence-electron chi connectivity index (χ2n) is 1.98. The molecule has 2 unspecified atom stereocenters. The van der Waals surface area contributed by atoms with Crippen LogP contribution in [0, 0.1) is 0 Å². The van der Waals surface area contributed by atoms with Gasteiger partial charge in [0.2, 0.25) is 0 Å². The average molecular weight is 149 g/mol. The minimum Gasteiger partial charge on any atom is -0.379 e. The number of hydrogen-bond donors (Lipinski definition) is 2. The molecule has 9 heavy (non-hydrogen) atoms. The molecule has 0 fully saturated rings. The molecular weight excluding hydrogens is 134 g/mol. The number of thioether (sulfide) groups is 1. The van der Waals surface area contributed by atoms with Crippen molar-refractivity contribution in [1.82, 2.24) is 5.32 Å². The molecular formula is C6H15NOS. The lowest BCUT2D eigenvalue weighted by Gasteiger charge is -2.15. The first-order valence-corrected chi connectivity index (χ1v) is 4.46. The topological polar surface area (TPSA) is 32.3 Å². The van der Waals surface area contributed by atoms with E-state index in [1.54, 1.807) is 18.7 Å². The molecule has 0 bridgehead atoms. The molecule has 0 aliphatic rings. The Hall–Kier alpha value is 0.270. The van der Waals surface area contributed by atoms with E-state index in [1.807, 2.05) is 6.26 Å². The van der Waals surface area contributed by atoms with E-state index in [-0.39, 0.29) is 6.23 Å². The maximum Gasteiger partial charge on any atom is 0.102 e. The SMILES string of the molecule is CCC(NC(C)O)SC. The fourth-order valence-corrected chi connectivity index (χ4v) is 1.29. The van der Waals surface area contributed by atoms with Crippen molar-refractivity contribution >= 4 is 11.8 Å². The number of nitrogens with one attached hydrogen (secondary N) is 1. The van der Waals surface area contributed by atoms with Gasteiger partial charge in [-0.15, -0.1) is 11.8 Å². The molecule has 0 aliphatic carbocycles. The normalized spacial score (nSPS) is 17.3. The van der Waals surface area contributed by atoms with Gasteiger partial charge in [-0.05, 0) is 19.6 Å². The van der Waals surface area contributed by atoms with E-state index in [0.29, 0.717) is 5.37 Å². The lowest BCUT2D eigenvalue weighted by atomic mass is 10.4. The average Bonchev–Trinajstić information content (AvgIpc) is 1.82. The molecule has 0 aromatic carbocycles. The largest absolute Gasteiger partial charge is 0.379 e. The Labute approximate surface area is 61.0 Å². The molecule has 0 amide bonds. The maximum absolute atomic E-state index is 8.86. The smallest absolute Gasteiger partial charge is 0.102 e. The molecule has 0 spiro atoms. The van der Waals surface area contributed by atoms with Crippen LogP contribution in [-0.2, 0) is 0 Å². The van der Waals surface area contributed by atoms with Gasteiger partial charge in [0, 0.05) is 0 Å². The summed E-state index contributed by atoms with van der Waals surface area (Å²) in [7, 11) is 0. The Kier molecular flexibility index (Phi) is 5.24. The van der Waals surface area contributed by atoms with Crippen LogP contribution in [-0.4, -0.2) is 23.0 Å². The van der Waals surface area contributed by atoms with E-state index in [1.165, 1.54) is 0 Å². The van der Waals surface area contributed by atoms with Gasteiger partial charge in [-0.25, -0.2) is 0 Å². The van der Waals surface area contributed by atoms with Crippen molar-refractivity contribution in [1.29, 1.82) is 0 Å². The number of aliphatic hydroxyl groups is 1. The van der Waals surface area contributed by atoms with Crippen LogP contribution in [0.5, 0.6) is 0 Å². The van der Waals surface area contributed by atoms with E-state index in [2.05, 4.69) is 12.2 Å². The zero-order chi connectivity index (χ0) is 7.28. The monoisotopic (exact) mass is 149 g/mol. The highest BCUT2D eigenvalue weighted by atomic mass is 32.2. The van der Waals surface area contributed by atoms with Gasteiger partial charge in [-0.2, -0.15) is 0 Å². The first-order chi connectivity index (χ1) is 4.20. The zero-order valence-corrected chi connectivity index (χ0v) is 7.03. The number of aliphatic hydroxyl groups excluding tert-OH is 1. The Bertz CT molecular complexity index is 64.1. The van der Waals surface area contributed by atoms with Crippen LogP contribution in [0.1, 0.15) is 20.3 Å². The standard InChI is InChI=1S/C6H15NOS/c1-4-6(9-3)7-5(2)8/h5-8H,4H2,1-3H3. The molecule has 0 rings (SSSR count). The van der Waals surface area contributed by atoms with Gasteiger partial charge in [0.05, 0.1) is 5.37 Å². The van der Waals surface area contributed by atoms with Crippen molar-refractivity contribution in [3.63, 3.8) is 0 Å². The molecule has 0 heterocycles. The summed E-state index contributed by atoms with van der Waals surface area (Å²) in [5.74, 6) is 0. The molecule has 0 aromatic rings. The van der Waals surface area contributed by atoms with Crippen LogP contribution >= 0.6 is 11.8 Å². The van der Waals surface area contributed by atoms with Crippen molar-refractivity contribution in [2.24, 2.45) is 0 Å². The highest BCUT2D eigenvalue weighted by Gasteiger charge is 2.03. The van der Waals surface area contributed by atoms with E-state index in [9.17, 15) is 0 Å². The van der Waals surface area contributed by atoms with Gasteiger partial charge in [0.25, 0.3) is 0 Å². The van der Waals surface area contributed by atoms with Gasteiger partial charge in [0.1, 0.15) is 6.23 Å². The lowest BCUT2D eigenvalue weighted by Crippen LogP contribution is -2.33. The van der Waals surface area contributed by atoms with E-state index >= 15 is 0 Å². The van der Waals surface area contributed by atoms with Crippen molar-refractivity contribution < 1.29 is 5.11 Å². The Balaban J connectivity index is 3.31. The third-order valence-electron chi connectivity index (χ3n) is 1.08. The summed E-state index contributed by atoms with van der Waals surface area (Å²) in [6.07, 6.45) is 2.69. The second-order valence-corrected chi connectivity index (χ2v) is 3.02. The van der Waals surface area contributed by atoms with E-state index in [0.717, 1.165) is 6.42 Å². The molecule has 0 aromatic heterocycles. The van der Waals surface area contributed by atoms with Crippen LogP contribution in [0.3, 0.4) is 0 Å². The Morgan fingerprint density at radius 1 is 1.67 bits per heavy atom. The first kappa shape index (κ1) is 9.27. The van der Waals surface area contributed by atoms with Gasteiger partial charge in [0.15, 0.2) is 0 Å². The van der Waals surface area contributed by atoms with E-state index in [4.69, 9.17) is 5.11 Å². The summed E-state index contributed by atoms with van der Waals surface area (Å²) in [5, 5.41) is 12.3. The summed E-state index contributed by atoms with van der Waals surface area (Å²) in [6, 6.07) is 0. The molecule has 0 radical (unpaired) electrons. The third-order valence-corrected chi connectivity index (χ3v) is 2.12. The minimum atomic E-state index is -0.387. The molecule has 2 N–H and O–H groups in total. The Morgan fingerprint density at radius 2 is 2.22 bits per heavy atom. The molecule has 0 saturated carbocycles. The minimum absolute atomic E-state index is 0.387. The lowest BCUT2D eigenvalue weighted by molar-refractivity contribution is 0.152. The molecule has 2 nitrogen and oxygen atoms in total. The predicted molar refractivity (Wildman–Crippen MR) is 42.4 cm³/mol. The van der Waals surface area contributed by atoms with Gasteiger partial charge >= 0.3 is 0 Å². The fourth-order valence-electron chi connectivity index (χ4n) is 0.622. The molecule has 3 heteroatoms. The summed E-state index contributed by atoms with van der Waals surface area (Å²) in [4.78, 5) is 0. The zero-order valence-electron chi connectivity index (χ0n) is 6.22. The summed E-state index contributed by atoms with van der Waals surface area (Å²) < 4.78 is 0. The summed E-state index contributed by atoms with van der Waals surface area (Å²) in [6.45, 7) is 3.83.